The monoisotopic (exact) mass is 273 g/mol. The predicted molar refractivity (Wildman–Crippen MR) is 89.8 cm³/mol. The Bertz CT molecular complexity index is 355. The molecule has 0 amide bonds. The molecule has 0 radical (unpaired) electrons. The lowest BCUT2D eigenvalue weighted by Gasteiger charge is -2.16. The summed E-state index contributed by atoms with van der Waals surface area (Å²) in [7, 11) is 0. The number of aryl methyl sites for hydroxylation is 1. The number of unbranched alkanes of at least 4 members (excludes halogenated alkanes) is 3. The second kappa shape index (κ2) is 10.7. The van der Waals surface area contributed by atoms with Gasteiger partial charge in [0.15, 0.2) is 0 Å². The van der Waals surface area contributed by atoms with Gasteiger partial charge in [0.25, 0.3) is 0 Å². The molecule has 0 fully saturated rings. The topological polar surface area (TPSA) is 26.0 Å². The molecular formula is C19H31N. The minimum Gasteiger partial charge on any atom is -0.327 e. The Balaban J connectivity index is 2.16. The van der Waals surface area contributed by atoms with E-state index in [2.05, 4.69) is 56.3 Å². The number of allylic oxidation sites excluding steroid dienone is 1. The van der Waals surface area contributed by atoms with Gasteiger partial charge in [-0.25, -0.2) is 0 Å². The van der Waals surface area contributed by atoms with Gasteiger partial charge in [0.2, 0.25) is 0 Å². The molecule has 0 saturated carbocycles. The first-order valence-corrected chi connectivity index (χ1v) is 8.20. The Morgan fingerprint density at radius 2 is 1.85 bits per heavy atom. The van der Waals surface area contributed by atoms with E-state index < -0.39 is 0 Å². The molecule has 0 unspecified atom stereocenters. The first-order valence-electron chi connectivity index (χ1n) is 8.20. The Morgan fingerprint density at radius 1 is 1.10 bits per heavy atom. The third kappa shape index (κ3) is 7.49. The first-order chi connectivity index (χ1) is 9.74. The van der Waals surface area contributed by atoms with Crippen molar-refractivity contribution in [3.8, 4) is 0 Å². The van der Waals surface area contributed by atoms with Crippen molar-refractivity contribution in [3.05, 3.63) is 48.0 Å². The molecule has 0 saturated heterocycles. The smallest absolute Gasteiger partial charge is 0.00992 e. The summed E-state index contributed by atoms with van der Waals surface area (Å²) in [5.41, 5.74) is 7.65. The lowest BCUT2D eigenvalue weighted by Crippen LogP contribution is -2.26. The highest BCUT2D eigenvalue weighted by molar-refractivity contribution is 5.15. The van der Waals surface area contributed by atoms with Crippen molar-refractivity contribution >= 4 is 0 Å². The van der Waals surface area contributed by atoms with Gasteiger partial charge in [0, 0.05) is 6.04 Å². The van der Waals surface area contributed by atoms with E-state index in [0.29, 0.717) is 12.0 Å². The summed E-state index contributed by atoms with van der Waals surface area (Å²) in [6.45, 7) is 4.49. The van der Waals surface area contributed by atoms with Crippen LogP contribution in [0, 0.1) is 5.92 Å². The number of nitrogens with two attached hydrogens (primary N) is 1. The Hall–Kier alpha value is -1.08. The largest absolute Gasteiger partial charge is 0.327 e. The molecule has 1 aromatic rings. The van der Waals surface area contributed by atoms with Gasteiger partial charge < -0.3 is 5.73 Å². The predicted octanol–water partition coefficient (Wildman–Crippen LogP) is 5.11. The van der Waals surface area contributed by atoms with Gasteiger partial charge >= 0.3 is 0 Å². The number of rotatable bonds is 10. The van der Waals surface area contributed by atoms with Crippen LogP contribution in [0.1, 0.15) is 57.9 Å². The molecule has 0 aliphatic heterocycles. The summed E-state index contributed by atoms with van der Waals surface area (Å²) in [6, 6.07) is 11.0. The van der Waals surface area contributed by atoms with E-state index in [1.807, 2.05) is 0 Å². The first kappa shape index (κ1) is 17.0. The van der Waals surface area contributed by atoms with E-state index in [9.17, 15) is 0 Å². The second-order valence-electron chi connectivity index (χ2n) is 5.82. The van der Waals surface area contributed by atoms with Crippen molar-refractivity contribution in [2.75, 3.05) is 0 Å². The van der Waals surface area contributed by atoms with Gasteiger partial charge in [-0.2, -0.15) is 0 Å². The zero-order chi connectivity index (χ0) is 14.6. The molecule has 1 nitrogen and oxygen atoms in total. The fourth-order valence-electron chi connectivity index (χ4n) is 2.42. The van der Waals surface area contributed by atoms with Gasteiger partial charge in [-0.15, -0.1) is 0 Å². The van der Waals surface area contributed by atoms with Crippen molar-refractivity contribution < 1.29 is 0 Å². The zero-order valence-corrected chi connectivity index (χ0v) is 13.2. The third-order valence-electron chi connectivity index (χ3n) is 3.95. The quantitative estimate of drug-likeness (QED) is 0.465. The fourth-order valence-corrected chi connectivity index (χ4v) is 2.42. The van der Waals surface area contributed by atoms with E-state index in [0.717, 1.165) is 19.3 Å². The maximum Gasteiger partial charge on any atom is 0.00992 e. The molecule has 0 spiro atoms. The summed E-state index contributed by atoms with van der Waals surface area (Å²) in [5.74, 6) is 0.493. The van der Waals surface area contributed by atoms with Crippen LogP contribution in [0.5, 0.6) is 0 Å². The maximum absolute atomic E-state index is 6.24. The molecule has 0 heterocycles. The summed E-state index contributed by atoms with van der Waals surface area (Å²) in [5, 5.41) is 0. The molecule has 1 rings (SSSR count). The van der Waals surface area contributed by atoms with Crippen molar-refractivity contribution in [3.63, 3.8) is 0 Å². The molecule has 2 N–H and O–H groups in total. The van der Waals surface area contributed by atoms with E-state index in [4.69, 9.17) is 5.73 Å². The van der Waals surface area contributed by atoms with E-state index in [1.54, 1.807) is 0 Å². The average Bonchev–Trinajstić information content (AvgIpc) is 2.48. The highest BCUT2D eigenvalue weighted by Crippen LogP contribution is 2.12. The van der Waals surface area contributed by atoms with Crippen LogP contribution in [0.4, 0.5) is 0 Å². The van der Waals surface area contributed by atoms with Crippen molar-refractivity contribution in [1.29, 1.82) is 0 Å². The summed E-state index contributed by atoms with van der Waals surface area (Å²) < 4.78 is 0. The summed E-state index contributed by atoms with van der Waals surface area (Å²) in [4.78, 5) is 0. The van der Waals surface area contributed by atoms with Crippen LogP contribution in [0.25, 0.3) is 0 Å². The lowest BCUT2D eigenvalue weighted by molar-refractivity contribution is 0.472. The van der Waals surface area contributed by atoms with Gasteiger partial charge in [-0.3, -0.25) is 0 Å². The number of hydrogen-bond acceptors (Lipinski definition) is 1. The second-order valence-corrected chi connectivity index (χ2v) is 5.82. The highest BCUT2D eigenvalue weighted by Gasteiger charge is 2.08. The standard InChI is InChI=1S/C19H31N/c1-3-4-5-9-16-19(20)17(2)12-10-11-15-18-13-7-6-8-14-18/h6-8,10,12-14,17,19H,3-5,9,11,15-16,20H2,1-2H3/b12-10+/t17-,19+/m0/s1. The Labute approximate surface area is 125 Å². The van der Waals surface area contributed by atoms with Gasteiger partial charge in [0.05, 0.1) is 0 Å². The molecule has 2 atom stereocenters. The fraction of sp³-hybridized carbons (Fsp3) is 0.579. The molecule has 1 heteroatoms. The third-order valence-corrected chi connectivity index (χ3v) is 3.95. The molecular weight excluding hydrogens is 242 g/mol. The van der Waals surface area contributed by atoms with Gasteiger partial charge in [-0.05, 0) is 30.7 Å². The van der Waals surface area contributed by atoms with Crippen molar-refractivity contribution in [1.82, 2.24) is 0 Å². The minimum atomic E-state index is 0.319. The molecule has 0 bridgehead atoms. The van der Waals surface area contributed by atoms with E-state index in [-0.39, 0.29) is 0 Å². The molecule has 112 valence electrons. The van der Waals surface area contributed by atoms with Crippen LogP contribution >= 0.6 is 0 Å². The molecule has 0 aromatic heterocycles. The SMILES string of the molecule is CCCCCC[C@@H](N)[C@@H](C)/C=C/CCc1ccccc1. The number of hydrogen-bond donors (Lipinski definition) is 1. The normalized spacial score (nSPS) is 14.6. The van der Waals surface area contributed by atoms with E-state index >= 15 is 0 Å². The van der Waals surface area contributed by atoms with Crippen LogP contribution < -0.4 is 5.73 Å². The Morgan fingerprint density at radius 3 is 2.55 bits per heavy atom. The molecule has 0 aliphatic carbocycles. The van der Waals surface area contributed by atoms with Crippen LogP contribution in [-0.2, 0) is 6.42 Å². The van der Waals surface area contributed by atoms with Crippen LogP contribution in [0.2, 0.25) is 0 Å². The van der Waals surface area contributed by atoms with Crippen molar-refractivity contribution in [2.24, 2.45) is 11.7 Å². The van der Waals surface area contributed by atoms with Crippen LogP contribution in [0.15, 0.2) is 42.5 Å². The maximum atomic E-state index is 6.24. The summed E-state index contributed by atoms with van der Waals surface area (Å²) in [6.07, 6.45) is 13.2. The average molecular weight is 273 g/mol. The van der Waals surface area contributed by atoms with Crippen LogP contribution in [-0.4, -0.2) is 6.04 Å². The molecule has 20 heavy (non-hydrogen) atoms. The Kier molecular flexibility index (Phi) is 9.06. The van der Waals surface area contributed by atoms with Crippen LogP contribution in [0.3, 0.4) is 0 Å². The van der Waals surface area contributed by atoms with Crippen molar-refractivity contribution in [2.45, 2.75) is 64.8 Å². The van der Waals surface area contributed by atoms with Gasteiger partial charge in [0.1, 0.15) is 0 Å². The molecule has 1 aromatic carbocycles. The van der Waals surface area contributed by atoms with E-state index in [1.165, 1.54) is 31.2 Å². The summed E-state index contributed by atoms with van der Waals surface area (Å²) >= 11 is 0. The van der Waals surface area contributed by atoms with Gasteiger partial charge in [-0.1, -0.05) is 82.0 Å². The lowest BCUT2D eigenvalue weighted by atomic mass is 9.96. The minimum absolute atomic E-state index is 0.319. The number of benzene rings is 1. The highest BCUT2D eigenvalue weighted by atomic mass is 14.6. The molecule has 0 aliphatic rings. The zero-order valence-electron chi connectivity index (χ0n) is 13.2.